The summed E-state index contributed by atoms with van der Waals surface area (Å²) in [5, 5.41) is 15.9. The maximum atomic E-state index is 13.3. The van der Waals surface area contributed by atoms with Gasteiger partial charge in [-0.15, -0.1) is 0 Å². The number of rotatable bonds is 6. The first kappa shape index (κ1) is 21.3. The van der Waals surface area contributed by atoms with E-state index in [1.165, 1.54) is 36.4 Å². The molecule has 2 N–H and O–H groups in total. The first-order chi connectivity index (χ1) is 14.5. The van der Waals surface area contributed by atoms with Crippen molar-refractivity contribution in [2.24, 2.45) is 0 Å². The average molecular weight is 416 g/mol. The summed E-state index contributed by atoms with van der Waals surface area (Å²) in [6, 6.07) is 11.2. The number of nitro benzene ring substituents is 1. The van der Waals surface area contributed by atoms with Crippen molar-refractivity contribution in [1.29, 1.82) is 0 Å². The summed E-state index contributed by atoms with van der Waals surface area (Å²) in [6.45, 7) is 2.42. The van der Waals surface area contributed by atoms with E-state index in [2.05, 4.69) is 15.5 Å². The Bertz CT molecular complexity index is 916. The molecule has 10 heteroatoms. The normalized spacial score (nSPS) is 15.2. The van der Waals surface area contributed by atoms with E-state index in [-0.39, 0.29) is 29.8 Å². The Labute approximate surface area is 172 Å². The number of hydrogen-bond donors (Lipinski definition) is 2. The van der Waals surface area contributed by atoms with Crippen LogP contribution in [0.1, 0.15) is 11.6 Å². The van der Waals surface area contributed by atoms with E-state index < -0.39 is 16.7 Å². The van der Waals surface area contributed by atoms with E-state index in [9.17, 15) is 24.1 Å². The second-order valence-corrected chi connectivity index (χ2v) is 6.65. The SMILES string of the molecule is O=C(NC[C@H](c1ccc(F)cc1)N1CCOCC1)C(=O)Nc1ccccc1[N+](=O)[O-]. The molecule has 1 heterocycles. The van der Waals surface area contributed by atoms with Crippen LogP contribution in [0.3, 0.4) is 0 Å². The van der Waals surface area contributed by atoms with E-state index in [0.717, 1.165) is 5.56 Å². The molecule has 30 heavy (non-hydrogen) atoms. The van der Waals surface area contributed by atoms with Crippen molar-refractivity contribution in [3.63, 3.8) is 0 Å². The number of halogens is 1. The molecule has 1 atom stereocenters. The molecule has 2 aromatic rings. The molecule has 158 valence electrons. The van der Waals surface area contributed by atoms with Crippen LogP contribution in [0.15, 0.2) is 48.5 Å². The number of amides is 2. The Morgan fingerprint density at radius 2 is 1.77 bits per heavy atom. The van der Waals surface area contributed by atoms with Crippen molar-refractivity contribution < 1.29 is 23.6 Å². The molecular formula is C20H21FN4O5. The van der Waals surface area contributed by atoms with Gasteiger partial charge in [-0.25, -0.2) is 4.39 Å². The minimum Gasteiger partial charge on any atom is -0.379 e. The zero-order valence-electron chi connectivity index (χ0n) is 16.0. The van der Waals surface area contributed by atoms with Crippen molar-refractivity contribution in [3.05, 3.63) is 70.0 Å². The van der Waals surface area contributed by atoms with Crippen molar-refractivity contribution >= 4 is 23.2 Å². The van der Waals surface area contributed by atoms with Crippen LogP contribution >= 0.6 is 0 Å². The molecule has 9 nitrogen and oxygen atoms in total. The molecule has 0 spiro atoms. The lowest BCUT2D eigenvalue weighted by Gasteiger charge is -2.34. The molecule has 0 radical (unpaired) electrons. The second kappa shape index (κ2) is 9.90. The topological polar surface area (TPSA) is 114 Å². The number of morpholine rings is 1. The van der Waals surface area contributed by atoms with Gasteiger partial charge in [0.15, 0.2) is 0 Å². The number of carbonyl (C=O) groups excluding carboxylic acids is 2. The van der Waals surface area contributed by atoms with Gasteiger partial charge in [0.25, 0.3) is 5.69 Å². The maximum absolute atomic E-state index is 13.3. The van der Waals surface area contributed by atoms with Gasteiger partial charge in [-0.05, 0) is 23.8 Å². The van der Waals surface area contributed by atoms with E-state index in [1.54, 1.807) is 12.1 Å². The average Bonchev–Trinajstić information content (AvgIpc) is 2.76. The molecular weight excluding hydrogens is 395 g/mol. The summed E-state index contributed by atoms with van der Waals surface area (Å²) >= 11 is 0. The Morgan fingerprint density at radius 3 is 2.43 bits per heavy atom. The molecule has 1 saturated heterocycles. The molecule has 2 aromatic carbocycles. The number of benzene rings is 2. The number of anilines is 1. The highest BCUT2D eigenvalue weighted by molar-refractivity contribution is 6.39. The van der Waals surface area contributed by atoms with Crippen LogP contribution in [0.4, 0.5) is 15.8 Å². The molecule has 0 saturated carbocycles. The van der Waals surface area contributed by atoms with Crippen molar-refractivity contribution in [2.45, 2.75) is 6.04 Å². The highest BCUT2D eigenvalue weighted by Gasteiger charge is 2.25. The first-order valence-electron chi connectivity index (χ1n) is 9.35. The lowest BCUT2D eigenvalue weighted by atomic mass is 10.0. The van der Waals surface area contributed by atoms with E-state index in [0.29, 0.717) is 26.3 Å². The van der Waals surface area contributed by atoms with Crippen LogP contribution in [0.2, 0.25) is 0 Å². The largest absolute Gasteiger partial charge is 0.379 e. The number of ether oxygens (including phenoxy) is 1. The monoisotopic (exact) mass is 416 g/mol. The number of para-hydroxylation sites is 2. The van der Waals surface area contributed by atoms with Gasteiger partial charge >= 0.3 is 11.8 Å². The molecule has 1 aliphatic heterocycles. The summed E-state index contributed by atoms with van der Waals surface area (Å²) < 4.78 is 18.7. The highest BCUT2D eigenvalue weighted by atomic mass is 19.1. The highest BCUT2D eigenvalue weighted by Crippen LogP contribution is 2.23. The Balaban J connectivity index is 1.67. The number of nitro groups is 1. The molecule has 0 bridgehead atoms. The lowest BCUT2D eigenvalue weighted by molar-refractivity contribution is -0.383. The number of nitrogens with one attached hydrogen (secondary N) is 2. The minimum atomic E-state index is -1.01. The lowest BCUT2D eigenvalue weighted by Crippen LogP contribution is -2.45. The quantitative estimate of drug-likeness (QED) is 0.422. The summed E-state index contributed by atoms with van der Waals surface area (Å²) in [5.74, 6) is -2.30. The zero-order valence-corrected chi connectivity index (χ0v) is 16.0. The van der Waals surface area contributed by atoms with Gasteiger partial charge in [0, 0.05) is 25.7 Å². The van der Waals surface area contributed by atoms with Crippen LogP contribution in [0.5, 0.6) is 0 Å². The summed E-state index contributed by atoms with van der Waals surface area (Å²) in [5.41, 5.74) is 0.416. The molecule has 0 aliphatic carbocycles. The smallest absolute Gasteiger partial charge is 0.313 e. The van der Waals surface area contributed by atoms with Crippen LogP contribution in [-0.4, -0.2) is 54.5 Å². The van der Waals surface area contributed by atoms with Gasteiger partial charge in [0.2, 0.25) is 0 Å². The van der Waals surface area contributed by atoms with Gasteiger partial charge < -0.3 is 15.4 Å². The van der Waals surface area contributed by atoms with E-state index in [1.807, 2.05) is 0 Å². The van der Waals surface area contributed by atoms with Gasteiger partial charge in [-0.2, -0.15) is 0 Å². The molecule has 1 aliphatic rings. The molecule has 1 fully saturated rings. The fourth-order valence-electron chi connectivity index (χ4n) is 3.22. The Kier molecular flexibility index (Phi) is 7.04. The third-order valence-electron chi connectivity index (χ3n) is 4.75. The summed E-state index contributed by atoms with van der Waals surface area (Å²) in [6.07, 6.45) is 0. The summed E-state index contributed by atoms with van der Waals surface area (Å²) in [4.78, 5) is 37.0. The van der Waals surface area contributed by atoms with Crippen LogP contribution in [0.25, 0.3) is 0 Å². The second-order valence-electron chi connectivity index (χ2n) is 6.65. The van der Waals surface area contributed by atoms with Gasteiger partial charge in [0.1, 0.15) is 11.5 Å². The molecule has 0 unspecified atom stereocenters. The van der Waals surface area contributed by atoms with Gasteiger partial charge in [-0.1, -0.05) is 24.3 Å². The fraction of sp³-hybridized carbons (Fsp3) is 0.300. The van der Waals surface area contributed by atoms with Crippen molar-refractivity contribution in [1.82, 2.24) is 10.2 Å². The molecule has 0 aromatic heterocycles. The predicted molar refractivity (Wildman–Crippen MR) is 106 cm³/mol. The third-order valence-corrected chi connectivity index (χ3v) is 4.75. The van der Waals surface area contributed by atoms with Crippen LogP contribution < -0.4 is 10.6 Å². The van der Waals surface area contributed by atoms with Crippen LogP contribution in [-0.2, 0) is 14.3 Å². The standard InChI is InChI=1S/C20H21FN4O5/c21-15-7-5-14(6-8-15)18(24-9-11-30-12-10-24)13-22-19(26)20(27)23-16-3-1-2-4-17(16)25(28)29/h1-8,18H,9-13H2,(H,22,26)(H,23,27)/t18-/m1/s1. The molecule has 3 rings (SSSR count). The maximum Gasteiger partial charge on any atom is 0.313 e. The summed E-state index contributed by atoms with van der Waals surface area (Å²) in [7, 11) is 0. The van der Waals surface area contributed by atoms with Gasteiger partial charge in [-0.3, -0.25) is 24.6 Å². The van der Waals surface area contributed by atoms with Gasteiger partial charge in [0.05, 0.1) is 24.2 Å². The predicted octanol–water partition coefficient (Wildman–Crippen LogP) is 1.86. The third kappa shape index (κ3) is 5.37. The van der Waals surface area contributed by atoms with Crippen LogP contribution in [0, 0.1) is 15.9 Å². The van der Waals surface area contributed by atoms with Crippen molar-refractivity contribution in [2.75, 3.05) is 38.2 Å². The first-order valence-corrected chi connectivity index (χ1v) is 9.35. The Morgan fingerprint density at radius 1 is 1.10 bits per heavy atom. The van der Waals surface area contributed by atoms with E-state index in [4.69, 9.17) is 4.74 Å². The molecule has 2 amide bonds. The number of nitrogens with zero attached hydrogens (tertiary/aromatic N) is 2. The fourth-order valence-corrected chi connectivity index (χ4v) is 3.22. The van der Waals surface area contributed by atoms with E-state index >= 15 is 0 Å². The number of hydrogen-bond acceptors (Lipinski definition) is 6. The number of carbonyl (C=O) groups is 2. The zero-order chi connectivity index (χ0) is 21.5. The Hall–Kier alpha value is -3.37. The minimum absolute atomic E-state index is 0.0640. The van der Waals surface area contributed by atoms with Crippen molar-refractivity contribution in [3.8, 4) is 0 Å².